The van der Waals surface area contributed by atoms with Gasteiger partial charge in [-0.1, -0.05) is 68.2 Å². The van der Waals surface area contributed by atoms with Crippen LogP contribution in [0.1, 0.15) is 56.5 Å². The van der Waals surface area contributed by atoms with Gasteiger partial charge in [0.15, 0.2) is 0 Å². The van der Waals surface area contributed by atoms with Gasteiger partial charge in [-0.05, 0) is 54.6 Å². The van der Waals surface area contributed by atoms with Crippen molar-refractivity contribution in [1.82, 2.24) is 14.9 Å². The van der Waals surface area contributed by atoms with Crippen LogP contribution < -0.4 is 5.32 Å². The Morgan fingerprint density at radius 1 is 1.04 bits per heavy atom. The summed E-state index contributed by atoms with van der Waals surface area (Å²) in [6.45, 7) is 9.59. The maximum Gasteiger partial charge on any atom is 0.113 e. The lowest BCUT2D eigenvalue weighted by atomic mass is 9.87. The Morgan fingerprint density at radius 3 is 2.32 bits per heavy atom. The summed E-state index contributed by atoms with van der Waals surface area (Å²) >= 11 is 12.6. The first-order valence-electron chi connectivity index (χ1n) is 9.98. The van der Waals surface area contributed by atoms with E-state index in [0.29, 0.717) is 16.0 Å². The van der Waals surface area contributed by atoms with Crippen LogP contribution in [-0.4, -0.2) is 22.6 Å². The van der Waals surface area contributed by atoms with Crippen molar-refractivity contribution < 1.29 is 0 Å². The van der Waals surface area contributed by atoms with Gasteiger partial charge in [0.05, 0.1) is 21.1 Å². The summed E-state index contributed by atoms with van der Waals surface area (Å²) in [5, 5.41) is 4.59. The molecule has 0 amide bonds. The van der Waals surface area contributed by atoms with Crippen molar-refractivity contribution in [1.29, 1.82) is 0 Å². The minimum atomic E-state index is 0.158. The van der Waals surface area contributed by atoms with Gasteiger partial charge in [0.1, 0.15) is 5.82 Å². The monoisotopic (exact) mass is 415 g/mol. The molecule has 0 atom stereocenters. The molecule has 0 radical (unpaired) electrons. The summed E-state index contributed by atoms with van der Waals surface area (Å²) in [6.07, 6.45) is 2.21. The largest absolute Gasteiger partial charge is 0.323 e. The van der Waals surface area contributed by atoms with Crippen LogP contribution >= 0.6 is 23.2 Å². The molecule has 28 heavy (non-hydrogen) atoms. The van der Waals surface area contributed by atoms with Gasteiger partial charge < -0.3 is 9.88 Å². The number of rotatable bonds is 3. The first-order chi connectivity index (χ1) is 13.3. The van der Waals surface area contributed by atoms with E-state index >= 15 is 0 Å². The molecule has 1 saturated heterocycles. The fourth-order valence-electron chi connectivity index (χ4n) is 3.99. The predicted molar refractivity (Wildman–Crippen MR) is 119 cm³/mol. The molecular weight excluding hydrogens is 389 g/mol. The summed E-state index contributed by atoms with van der Waals surface area (Å²) < 4.78 is 2.33. The Bertz CT molecular complexity index is 978. The highest BCUT2D eigenvalue weighted by Crippen LogP contribution is 2.33. The second-order valence-corrected chi connectivity index (χ2v) is 9.60. The number of hydrogen-bond donors (Lipinski definition) is 1. The topological polar surface area (TPSA) is 29.9 Å². The second-order valence-electron chi connectivity index (χ2n) is 8.78. The van der Waals surface area contributed by atoms with Crippen LogP contribution in [0, 0.1) is 0 Å². The highest BCUT2D eigenvalue weighted by atomic mass is 35.5. The molecule has 3 aromatic rings. The third-order valence-electron chi connectivity index (χ3n) is 5.68. The molecule has 2 heterocycles. The molecule has 0 bridgehead atoms. The predicted octanol–water partition coefficient (Wildman–Crippen LogP) is 6.16. The van der Waals surface area contributed by atoms with E-state index in [1.807, 2.05) is 12.1 Å². The Balaban J connectivity index is 1.76. The molecule has 1 aliphatic rings. The van der Waals surface area contributed by atoms with E-state index in [2.05, 4.69) is 54.9 Å². The lowest BCUT2D eigenvalue weighted by Crippen LogP contribution is -2.28. The SMILES string of the molecule is CC(C)(C)c1ccc(Cn2c(C3CCNCC3)nc3cc(Cl)c(Cl)cc32)cc1. The molecule has 5 heteroatoms. The minimum absolute atomic E-state index is 0.158. The number of imidazole rings is 1. The van der Waals surface area contributed by atoms with Gasteiger partial charge in [0.25, 0.3) is 0 Å². The fourth-order valence-corrected chi connectivity index (χ4v) is 4.31. The zero-order chi connectivity index (χ0) is 19.9. The molecule has 1 aromatic heterocycles. The minimum Gasteiger partial charge on any atom is -0.323 e. The number of halogens is 2. The lowest BCUT2D eigenvalue weighted by molar-refractivity contribution is 0.435. The summed E-state index contributed by atoms with van der Waals surface area (Å²) in [4.78, 5) is 4.98. The number of nitrogens with one attached hydrogen (secondary N) is 1. The standard InChI is InChI=1S/C23H27Cl2N3/c1-23(2,3)17-6-4-15(5-7-17)14-28-21-13-19(25)18(24)12-20(21)27-22(28)16-8-10-26-11-9-16/h4-7,12-13,16,26H,8-11,14H2,1-3H3. The third kappa shape index (κ3) is 3.94. The Labute approximate surface area is 177 Å². The van der Waals surface area contributed by atoms with Crippen LogP contribution in [0.15, 0.2) is 36.4 Å². The molecule has 0 spiro atoms. The molecule has 0 saturated carbocycles. The van der Waals surface area contributed by atoms with Crippen molar-refractivity contribution in [2.45, 2.75) is 51.5 Å². The molecule has 0 aliphatic carbocycles. The van der Waals surface area contributed by atoms with Gasteiger partial charge >= 0.3 is 0 Å². The maximum atomic E-state index is 6.35. The van der Waals surface area contributed by atoms with Crippen molar-refractivity contribution >= 4 is 34.2 Å². The summed E-state index contributed by atoms with van der Waals surface area (Å²) in [7, 11) is 0. The molecule has 1 aliphatic heterocycles. The van der Waals surface area contributed by atoms with E-state index in [1.54, 1.807) is 0 Å². The number of hydrogen-bond acceptors (Lipinski definition) is 2. The normalized spacial score (nSPS) is 16.0. The second kappa shape index (κ2) is 7.70. The zero-order valence-electron chi connectivity index (χ0n) is 16.7. The maximum absolute atomic E-state index is 6.35. The van der Waals surface area contributed by atoms with Crippen LogP contribution in [0.25, 0.3) is 11.0 Å². The first kappa shape index (κ1) is 19.8. The summed E-state index contributed by atoms with van der Waals surface area (Å²) in [6, 6.07) is 12.8. The summed E-state index contributed by atoms with van der Waals surface area (Å²) in [5.41, 5.74) is 4.76. The van der Waals surface area contributed by atoms with E-state index < -0.39 is 0 Å². The van der Waals surface area contributed by atoms with Crippen molar-refractivity contribution in [2.75, 3.05) is 13.1 Å². The lowest BCUT2D eigenvalue weighted by Gasteiger charge is -2.23. The van der Waals surface area contributed by atoms with Gasteiger partial charge in [-0.3, -0.25) is 0 Å². The van der Waals surface area contributed by atoms with Gasteiger partial charge in [0.2, 0.25) is 0 Å². The van der Waals surface area contributed by atoms with Gasteiger partial charge in [-0.2, -0.15) is 0 Å². The number of nitrogens with zero attached hydrogens (tertiary/aromatic N) is 2. The smallest absolute Gasteiger partial charge is 0.113 e. The van der Waals surface area contributed by atoms with E-state index in [0.717, 1.165) is 49.3 Å². The van der Waals surface area contributed by atoms with Crippen molar-refractivity contribution in [3.63, 3.8) is 0 Å². The van der Waals surface area contributed by atoms with E-state index in [4.69, 9.17) is 28.2 Å². The number of fused-ring (bicyclic) bond motifs is 1. The average Bonchev–Trinajstić information content (AvgIpc) is 3.00. The number of piperidine rings is 1. The van der Waals surface area contributed by atoms with Gasteiger partial charge in [-0.25, -0.2) is 4.98 Å². The Morgan fingerprint density at radius 2 is 1.68 bits per heavy atom. The van der Waals surface area contributed by atoms with Crippen molar-refractivity contribution in [3.05, 3.63) is 63.4 Å². The third-order valence-corrected chi connectivity index (χ3v) is 6.41. The van der Waals surface area contributed by atoms with E-state index in [-0.39, 0.29) is 5.41 Å². The van der Waals surface area contributed by atoms with E-state index in [9.17, 15) is 0 Å². The van der Waals surface area contributed by atoms with Crippen LogP contribution in [0.5, 0.6) is 0 Å². The van der Waals surface area contributed by atoms with E-state index in [1.165, 1.54) is 11.1 Å². The Hall–Kier alpha value is -1.55. The molecule has 0 unspecified atom stereocenters. The fraction of sp³-hybridized carbons (Fsp3) is 0.435. The first-order valence-corrected chi connectivity index (χ1v) is 10.7. The van der Waals surface area contributed by atoms with Crippen LogP contribution in [-0.2, 0) is 12.0 Å². The van der Waals surface area contributed by atoms with Gasteiger partial charge in [0, 0.05) is 12.5 Å². The zero-order valence-corrected chi connectivity index (χ0v) is 18.2. The summed E-state index contributed by atoms with van der Waals surface area (Å²) in [5.74, 6) is 1.61. The average molecular weight is 416 g/mol. The highest BCUT2D eigenvalue weighted by molar-refractivity contribution is 6.42. The highest BCUT2D eigenvalue weighted by Gasteiger charge is 2.23. The quantitative estimate of drug-likeness (QED) is 0.555. The van der Waals surface area contributed by atoms with Gasteiger partial charge in [-0.15, -0.1) is 0 Å². The molecule has 1 N–H and O–H groups in total. The molecule has 1 fully saturated rings. The van der Waals surface area contributed by atoms with Crippen molar-refractivity contribution in [3.8, 4) is 0 Å². The Kier molecular flexibility index (Phi) is 5.43. The molecular formula is C23H27Cl2N3. The van der Waals surface area contributed by atoms with Crippen LogP contribution in [0.4, 0.5) is 0 Å². The number of benzene rings is 2. The van der Waals surface area contributed by atoms with Crippen LogP contribution in [0.2, 0.25) is 10.0 Å². The molecule has 4 rings (SSSR count). The van der Waals surface area contributed by atoms with Crippen LogP contribution in [0.3, 0.4) is 0 Å². The number of aromatic nitrogens is 2. The molecule has 2 aromatic carbocycles. The molecule has 148 valence electrons. The van der Waals surface area contributed by atoms with Crippen molar-refractivity contribution in [2.24, 2.45) is 0 Å². The molecule has 3 nitrogen and oxygen atoms in total.